The van der Waals surface area contributed by atoms with Crippen LogP contribution in [0.25, 0.3) is 5.69 Å². The molecule has 1 aromatic heterocycles. The van der Waals surface area contributed by atoms with Crippen molar-refractivity contribution in [3.8, 4) is 18.0 Å². The van der Waals surface area contributed by atoms with Crippen LogP contribution in [0, 0.1) is 18.2 Å². The minimum atomic E-state index is -3.71. The summed E-state index contributed by atoms with van der Waals surface area (Å²) in [5.41, 5.74) is 1.83. The van der Waals surface area contributed by atoms with Gasteiger partial charge in [0.2, 0.25) is 10.0 Å². The molecule has 0 fully saturated rings. The Bertz CT molecular complexity index is 1010. The summed E-state index contributed by atoms with van der Waals surface area (Å²) >= 11 is 12.5. The molecule has 0 aliphatic heterocycles. The highest BCUT2D eigenvalue weighted by atomic mass is 35.5. The standard InChI is InChI=1S/C17H16Cl2FN3O2S/c1-3-8-22(26(2,24)25)15-10-16(13(20)9-12(15)18)23-17(19)11-6-4-5-7-14(11)21-23/h1,9-10H,4-8H2,2H3. The molecule has 1 aliphatic rings. The lowest BCUT2D eigenvalue weighted by Gasteiger charge is -2.22. The van der Waals surface area contributed by atoms with Gasteiger partial charge in [0.1, 0.15) is 10.8 Å². The second-order valence-electron chi connectivity index (χ2n) is 6.06. The number of hydrogen-bond donors (Lipinski definition) is 0. The molecule has 0 bridgehead atoms. The van der Waals surface area contributed by atoms with Gasteiger partial charge in [0, 0.05) is 5.56 Å². The molecule has 1 aliphatic carbocycles. The summed E-state index contributed by atoms with van der Waals surface area (Å²) in [5, 5.41) is 4.67. The fourth-order valence-electron chi connectivity index (χ4n) is 3.02. The van der Waals surface area contributed by atoms with Crippen LogP contribution in [0.1, 0.15) is 24.1 Å². The maximum absolute atomic E-state index is 14.6. The summed E-state index contributed by atoms with van der Waals surface area (Å²) in [6, 6.07) is 2.35. The predicted molar refractivity (Wildman–Crippen MR) is 101 cm³/mol. The number of benzene rings is 1. The van der Waals surface area contributed by atoms with Crippen LogP contribution in [-0.2, 0) is 22.9 Å². The number of sulfonamides is 1. The number of halogens is 3. The molecule has 26 heavy (non-hydrogen) atoms. The molecule has 0 saturated heterocycles. The van der Waals surface area contributed by atoms with Crippen LogP contribution in [-0.4, -0.2) is 31.0 Å². The molecule has 1 heterocycles. The minimum absolute atomic E-state index is 0.0227. The second kappa shape index (κ2) is 7.10. The summed E-state index contributed by atoms with van der Waals surface area (Å²) in [6.07, 6.45) is 9.82. The Kier molecular flexibility index (Phi) is 5.20. The van der Waals surface area contributed by atoms with Crippen LogP contribution in [0.2, 0.25) is 10.2 Å². The fourth-order valence-corrected chi connectivity index (χ4v) is 4.47. The molecule has 0 amide bonds. The van der Waals surface area contributed by atoms with Crippen molar-refractivity contribution in [3.05, 3.63) is 39.4 Å². The molecule has 138 valence electrons. The maximum atomic E-state index is 14.6. The first-order valence-electron chi connectivity index (χ1n) is 7.91. The summed E-state index contributed by atoms with van der Waals surface area (Å²) in [4.78, 5) is 0. The van der Waals surface area contributed by atoms with E-state index in [0.29, 0.717) is 5.15 Å². The second-order valence-corrected chi connectivity index (χ2v) is 8.74. The molecule has 9 heteroatoms. The van der Waals surface area contributed by atoms with E-state index in [4.69, 9.17) is 29.6 Å². The Labute approximate surface area is 161 Å². The van der Waals surface area contributed by atoms with E-state index in [9.17, 15) is 12.8 Å². The van der Waals surface area contributed by atoms with E-state index in [2.05, 4.69) is 11.0 Å². The molecule has 3 rings (SSSR count). The van der Waals surface area contributed by atoms with Crippen molar-refractivity contribution in [2.24, 2.45) is 0 Å². The highest BCUT2D eigenvalue weighted by Crippen LogP contribution is 2.35. The van der Waals surface area contributed by atoms with E-state index in [-0.39, 0.29) is 22.9 Å². The van der Waals surface area contributed by atoms with Crippen molar-refractivity contribution in [1.82, 2.24) is 9.78 Å². The van der Waals surface area contributed by atoms with Gasteiger partial charge in [-0.15, -0.1) is 6.42 Å². The maximum Gasteiger partial charge on any atom is 0.233 e. The van der Waals surface area contributed by atoms with Crippen LogP contribution in [0.4, 0.5) is 10.1 Å². The number of aromatic nitrogens is 2. The van der Waals surface area contributed by atoms with Crippen molar-refractivity contribution in [3.63, 3.8) is 0 Å². The van der Waals surface area contributed by atoms with E-state index < -0.39 is 15.8 Å². The van der Waals surface area contributed by atoms with Crippen molar-refractivity contribution in [2.45, 2.75) is 25.7 Å². The SMILES string of the molecule is C#CCN(c1cc(-n2nc3c(c2Cl)CCCC3)c(F)cc1Cl)S(C)(=O)=O. The van der Waals surface area contributed by atoms with Gasteiger partial charge in [-0.05, 0) is 37.8 Å². The van der Waals surface area contributed by atoms with Gasteiger partial charge in [0.25, 0.3) is 0 Å². The smallest absolute Gasteiger partial charge is 0.233 e. The quantitative estimate of drug-likeness (QED) is 0.716. The molecule has 0 spiro atoms. The summed E-state index contributed by atoms with van der Waals surface area (Å²) in [5.74, 6) is 1.61. The first-order valence-corrected chi connectivity index (χ1v) is 10.5. The van der Waals surface area contributed by atoms with Gasteiger partial charge in [-0.2, -0.15) is 5.10 Å². The lowest BCUT2D eigenvalue weighted by Crippen LogP contribution is -2.30. The zero-order valence-electron chi connectivity index (χ0n) is 14.0. The molecule has 0 radical (unpaired) electrons. The first kappa shape index (κ1) is 19.0. The van der Waals surface area contributed by atoms with E-state index in [1.807, 2.05) is 0 Å². The predicted octanol–water partition coefficient (Wildman–Crippen LogP) is 3.60. The normalized spacial score (nSPS) is 14.0. The van der Waals surface area contributed by atoms with Crippen molar-refractivity contribution < 1.29 is 12.8 Å². The highest BCUT2D eigenvalue weighted by Gasteiger charge is 2.25. The van der Waals surface area contributed by atoms with Gasteiger partial charge in [0.15, 0.2) is 5.82 Å². The molecule has 2 aromatic rings. The van der Waals surface area contributed by atoms with E-state index in [0.717, 1.165) is 53.6 Å². The number of hydrogen-bond acceptors (Lipinski definition) is 3. The van der Waals surface area contributed by atoms with Gasteiger partial charge in [-0.25, -0.2) is 17.5 Å². The number of terminal acetylenes is 1. The van der Waals surface area contributed by atoms with Crippen molar-refractivity contribution in [1.29, 1.82) is 0 Å². The van der Waals surface area contributed by atoms with Gasteiger partial charge in [0.05, 0.1) is 29.2 Å². The molecule has 0 unspecified atom stereocenters. The third-order valence-electron chi connectivity index (χ3n) is 4.24. The summed E-state index contributed by atoms with van der Waals surface area (Å²) in [6.45, 7) is -0.229. The largest absolute Gasteiger partial charge is 0.257 e. The highest BCUT2D eigenvalue weighted by molar-refractivity contribution is 7.92. The first-order chi connectivity index (χ1) is 12.2. The lowest BCUT2D eigenvalue weighted by molar-refractivity contribution is 0.597. The third-order valence-corrected chi connectivity index (χ3v) is 6.06. The Balaban J connectivity index is 2.19. The zero-order chi connectivity index (χ0) is 19.1. The van der Waals surface area contributed by atoms with Crippen LogP contribution in [0.5, 0.6) is 0 Å². The molecule has 0 N–H and O–H groups in total. The summed E-state index contributed by atoms with van der Waals surface area (Å²) < 4.78 is 41.0. The average molecular weight is 416 g/mol. The Hall–Kier alpha value is -1.75. The van der Waals surface area contributed by atoms with E-state index >= 15 is 0 Å². The van der Waals surface area contributed by atoms with Crippen molar-refractivity contribution in [2.75, 3.05) is 17.1 Å². The topological polar surface area (TPSA) is 55.2 Å². The minimum Gasteiger partial charge on any atom is -0.257 e. The van der Waals surface area contributed by atoms with Gasteiger partial charge < -0.3 is 0 Å². The van der Waals surface area contributed by atoms with Crippen LogP contribution < -0.4 is 4.31 Å². The van der Waals surface area contributed by atoms with E-state index in [1.165, 1.54) is 10.7 Å². The van der Waals surface area contributed by atoms with Crippen molar-refractivity contribution >= 4 is 38.9 Å². The molecular formula is C17H16Cl2FN3O2S. The molecule has 5 nitrogen and oxygen atoms in total. The Morgan fingerprint density at radius 2 is 2.04 bits per heavy atom. The Morgan fingerprint density at radius 3 is 2.65 bits per heavy atom. The van der Waals surface area contributed by atoms with Crippen LogP contribution in [0.3, 0.4) is 0 Å². The van der Waals surface area contributed by atoms with Gasteiger partial charge in [-0.1, -0.05) is 29.1 Å². The third kappa shape index (κ3) is 3.41. The zero-order valence-corrected chi connectivity index (χ0v) is 16.3. The van der Waals surface area contributed by atoms with Gasteiger partial charge in [-0.3, -0.25) is 4.31 Å². The average Bonchev–Trinajstić information content (AvgIpc) is 2.90. The lowest BCUT2D eigenvalue weighted by atomic mass is 9.99. The molecule has 1 aromatic carbocycles. The number of anilines is 1. The number of aryl methyl sites for hydroxylation is 1. The van der Waals surface area contributed by atoms with E-state index in [1.54, 1.807) is 0 Å². The number of rotatable bonds is 4. The van der Waals surface area contributed by atoms with Crippen LogP contribution in [0.15, 0.2) is 12.1 Å². The number of nitrogens with zero attached hydrogens (tertiary/aromatic N) is 3. The molecule has 0 atom stereocenters. The van der Waals surface area contributed by atoms with Crippen LogP contribution >= 0.6 is 23.2 Å². The Morgan fingerprint density at radius 1 is 1.35 bits per heavy atom. The summed E-state index contributed by atoms with van der Waals surface area (Å²) in [7, 11) is -3.71. The molecule has 0 saturated carbocycles. The monoisotopic (exact) mass is 415 g/mol. The van der Waals surface area contributed by atoms with Gasteiger partial charge >= 0.3 is 0 Å². The number of fused-ring (bicyclic) bond motifs is 1. The fraction of sp³-hybridized carbons (Fsp3) is 0.353. The molecular weight excluding hydrogens is 400 g/mol.